The van der Waals surface area contributed by atoms with Crippen molar-refractivity contribution in [1.29, 1.82) is 0 Å². The predicted molar refractivity (Wildman–Crippen MR) is 144 cm³/mol. The van der Waals surface area contributed by atoms with E-state index in [1.165, 1.54) is 15.9 Å². The Labute approximate surface area is 231 Å². The molecule has 1 aromatic heterocycles. The van der Waals surface area contributed by atoms with Gasteiger partial charge in [-0.05, 0) is 19.8 Å². The Bertz CT molecular complexity index is 1200. The molecule has 3 N–H and O–H groups in total. The normalized spacial score (nSPS) is 17.7. The van der Waals surface area contributed by atoms with Gasteiger partial charge in [-0.3, -0.25) is 14.4 Å². The highest BCUT2D eigenvalue weighted by molar-refractivity contribution is 5.97. The number of hydrogen-bond acceptors (Lipinski definition) is 9. The van der Waals surface area contributed by atoms with Crippen molar-refractivity contribution in [1.82, 2.24) is 25.1 Å². The number of aliphatic carboxylic acids is 1. The van der Waals surface area contributed by atoms with E-state index in [4.69, 9.17) is 9.47 Å². The van der Waals surface area contributed by atoms with Crippen LogP contribution in [-0.4, -0.2) is 107 Å². The molecular weight excluding hydrogens is 520 g/mol. The molecule has 2 aliphatic rings. The van der Waals surface area contributed by atoms with E-state index in [1.807, 2.05) is 30.3 Å². The Morgan fingerprint density at radius 1 is 1.10 bits per heavy atom. The lowest BCUT2D eigenvalue weighted by Gasteiger charge is -2.35. The number of benzene rings is 1. The number of carboxylic acid groups (broad SMARTS) is 1. The molecule has 0 aliphatic carbocycles. The maximum absolute atomic E-state index is 13.4. The van der Waals surface area contributed by atoms with Crippen molar-refractivity contribution in [3.05, 3.63) is 42.1 Å². The van der Waals surface area contributed by atoms with Gasteiger partial charge in [0.2, 0.25) is 5.91 Å². The minimum Gasteiger partial charge on any atom is -0.481 e. The maximum atomic E-state index is 13.4. The van der Waals surface area contributed by atoms with Gasteiger partial charge in [0.25, 0.3) is 5.91 Å². The summed E-state index contributed by atoms with van der Waals surface area (Å²) in [6, 6.07) is 9.65. The molecule has 13 heteroatoms. The second kappa shape index (κ2) is 13.7. The summed E-state index contributed by atoms with van der Waals surface area (Å²) in [5.41, 5.74) is 0.747. The Morgan fingerprint density at radius 2 is 1.82 bits per heavy atom. The van der Waals surface area contributed by atoms with E-state index >= 15 is 0 Å². The second-order valence-corrected chi connectivity index (χ2v) is 9.50. The highest BCUT2D eigenvalue weighted by Crippen LogP contribution is 2.20. The quantitative estimate of drug-likeness (QED) is 0.393. The van der Waals surface area contributed by atoms with Crippen LogP contribution in [-0.2, 0) is 19.1 Å². The fourth-order valence-electron chi connectivity index (χ4n) is 4.51. The Hall–Kier alpha value is -4.26. The first-order valence-corrected chi connectivity index (χ1v) is 13.4. The number of anilines is 1. The first kappa shape index (κ1) is 28.7. The summed E-state index contributed by atoms with van der Waals surface area (Å²) < 4.78 is 10.5. The maximum Gasteiger partial charge on any atom is 0.409 e. The van der Waals surface area contributed by atoms with Crippen LogP contribution in [0.2, 0.25) is 0 Å². The van der Waals surface area contributed by atoms with Crippen LogP contribution >= 0.6 is 0 Å². The van der Waals surface area contributed by atoms with Gasteiger partial charge in [-0.1, -0.05) is 30.3 Å². The zero-order valence-electron chi connectivity index (χ0n) is 22.4. The highest BCUT2D eigenvalue weighted by atomic mass is 16.6. The minimum absolute atomic E-state index is 0.0348. The summed E-state index contributed by atoms with van der Waals surface area (Å²) in [7, 11) is 0. The van der Waals surface area contributed by atoms with Crippen LogP contribution in [0, 0.1) is 0 Å². The molecule has 2 saturated heterocycles. The number of nitrogens with one attached hydrogen (secondary N) is 2. The van der Waals surface area contributed by atoms with Crippen LogP contribution in [0.15, 0.2) is 36.4 Å². The summed E-state index contributed by atoms with van der Waals surface area (Å²) >= 11 is 0. The minimum atomic E-state index is -1.09. The molecule has 214 valence electrons. The first-order valence-electron chi connectivity index (χ1n) is 13.4. The number of piperazine rings is 1. The number of carbonyl (C=O) groups excluding carboxylic acids is 3. The Kier molecular flexibility index (Phi) is 9.84. The standard InChI is InChI=1S/C27H34N6O7/c1-2-40-27(38)33-13-11-32(12-14-33)26(37)20(8-9-23(34)35)30-25(36)21-16-22(28-19-10-15-39-17-19)31-24(29-21)18-6-4-3-5-7-18/h3-7,16,19-20H,2,8-15,17H2,1H3,(H,30,36)(H,34,35)(H,28,29,31). The fourth-order valence-corrected chi connectivity index (χ4v) is 4.51. The van der Waals surface area contributed by atoms with Crippen molar-refractivity contribution in [2.24, 2.45) is 0 Å². The second-order valence-electron chi connectivity index (χ2n) is 9.50. The number of hydrogen-bond donors (Lipinski definition) is 3. The molecule has 13 nitrogen and oxygen atoms in total. The van der Waals surface area contributed by atoms with Crippen molar-refractivity contribution >= 4 is 29.7 Å². The summed E-state index contributed by atoms with van der Waals surface area (Å²) in [6.07, 6.45) is -0.0648. The molecule has 3 heterocycles. The number of ether oxygens (including phenoxy) is 2. The van der Waals surface area contributed by atoms with E-state index < -0.39 is 29.9 Å². The van der Waals surface area contributed by atoms with Crippen LogP contribution < -0.4 is 10.6 Å². The topological polar surface area (TPSA) is 163 Å². The number of nitrogens with zero attached hydrogens (tertiary/aromatic N) is 4. The van der Waals surface area contributed by atoms with Crippen LogP contribution in [0.25, 0.3) is 11.4 Å². The van der Waals surface area contributed by atoms with E-state index in [1.54, 1.807) is 6.92 Å². The third-order valence-electron chi connectivity index (χ3n) is 6.64. The SMILES string of the molecule is CCOC(=O)N1CCN(C(=O)C(CCC(=O)O)NC(=O)c2cc(NC3CCOC3)nc(-c3ccccc3)n2)CC1. The van der Waals surface area contributed by atoms with Crippen LogP contribution in [0.3, 0.4) is 0 Å². The van der Waals surface area contributed by atoms with Crippen molar-refractivity contribution < 1.29 is 33.8 Å². The summed E-state index contributed by atoms with van der Waals surface area (Å²) in [6.45, 7) is 4.13. The zero-order chi connectivity index (χ0) is 28.5. The lowest BCUT2D eigenvalue weighted by molar-refractivity contribution is -0.138. The molecule has 2 aliphatic heterocycles. The third kappa shape index (κ3) is 7.65. The van der Waals surface area contributed by atoms with Crippen molar-refractivity contribution in [3.8, 4) is 11.4 Å². The Morgan fingerprint density at radius 3 is 2.48 bits per heavy atom. The molecule has 4 rings (SSSR count). The average molecular weight is 555 g/mol. The molecule has 0 saturated carbocycles. The van der Waals surface area contributed by atoms with Gasteiger partial charge in [-0.15, -0.1) is 0 Å². The van der Waals surface area contributed by atoms with E-state index in [0.717, 1.165) is 6.42 Å². The predicted octanol–water partition coefficient (Wildman–Crippen LogP) is 1.61. The molecule has 40 heavy (non-hydrogen) atoms. The van der Waals surface area contributed by atoms with Crippen molar-refractivity contribution in [2.45, 2.75) is 38.3 Å². The lowest BCUT2D eigenvalue weighted by Crippen LogP contribution is -2.56. The van der Waals surface area contributed by atoms with E-state index in [0.29, 0.717) is 30.4 Å². The van der Waals surface area contributed by atoms with E-state index in [-0.39, 0.29) is 57.4 Å². The number of amides is 3. The van der Waals surface area contributed by atoms with Gasteiger partial charge in [0, 0.05) is 50.8 Å². The molecule has 0 bridgehead atoms. The largest absolute Gasteiger partial charge is 0.481 e. The van der Waals surface area contributed by atoms with Gasteiger partial charge in [-0.25, -0.2) is 14.8 Å². The molecule has 0 radical (unpaired) electrons. The third-order valence-corrected chi connectivity index (χ3v) is 6.64. The number of carboxylic acids is 1. The van der Waals surface area contributed by atoms with Gasteiger partial charge in [0.15, 0.2) is 5.82 Å². The summed E-state index contributed by atoms with van der Waals surface area (Å²) in [5.74, 6) is -1.36. The average Bonchev–Trinajstić information content (AvgIpc) is 3.48. The molecule has 0 spiro atoms. The molecule has 2 fully saturated rings. The molecule has 3 amide bonds. The highest BCUT2D eigenvalue weighted by Gasteiger charge is 2.31. The molecule has 2 unspecified atom stereocenters. The molecule has 2 atom stereocenters. The van der Waals surface area contributed by atoms with Crippen LogP contribution in [0.1, 0.15) is 36.7 Å². The Balaban J connectivity index is 1.52. The number of aromatic nitrogens is 2. The molecular formula is C27H34N6O7. The van der Waals surface area contributed by atoms with Crippen LogP contribution in [0.5, 0.6) is 0 Å². The van der Waals surface area contributed by atoms with Gasteiger partial charge < -0.3 is 35.0 Å². The van der Waals surface area contributed by atoms with Gasteiger partial charge >= 0.3 is 12.1 Å². The zero-order valence-corrected chi connectivity index (χ0v) is 22.4. The molecule has 2 aromatic rings. The summed E-state index contributed by atoms with van der Waals surface area (Å²) in [4.78, 5) is 62.2. The monoisotopic (exact) mass is 554 g/mol. The van der Waals surface area contributed by atoms with Crippen molar-refractivity contribution in [3.63, 3.8) is 0 Å². The van der Waals surface area contributed by atoms with Gasteiger partial charge in [0.05, 0.1) is 19.3 Å². The van der Waals surface area contributed by atoms with E-state index in [9.17, 15) is 24.3 Å². The van der Waals surface area contributed by atoms with Crippen LogP contribution in [0.4, 0.5) is 10.6 Å². The van der Waals surface area contributed by atoms with Gasteiger partial charge in [0.1, 0.15) is 17.6 Å². The lowest BCUT2D eigenvalue weighted by atomic mass is 10.1. The number of carbonyl (C=O) groups is 4. The summed E-state index contributed by atoms with van der Waals surface area (Å²) in [5, 5.41) is 15.2. The smallest absolute Gasteiger partial charge is 0.409 e. The first-order chi connectivity index (χ1) is 19.3. The van der Waals surface area contributed by atoms with E-state index in [2.05, 4.69) is 20.6 Å². The number of rotatable bonds is 10. The van der Waals surface area contributed by atoms with Gasteiger partial charge in [-0.2, -0.15) is 0 Å². The fraction of sp³-hybridized carbons (Fsp3) is 0.481. The van der Waals surface area contributed by atoms with Crippen molar-refractivity contribution in [2.75, 3.05) is 51.3 Å². The molecule has 1 aromatic carbocycles.